The van der Waals surface area contributed by atoms with Crippen molar-refractivity contribution in [3.05, 3.63) is 60.7 Å². The molecule has 0 unspecified atom stereocenters. The van der Waals surface area contributed by atoms with Crippen LogP contribution in [0.15, 0.2) is 70.5 Å². The van der Waals surface area contributed by atoms with Crippen LogP contribution in [0.1, 0.15) is 0 Å². The third-order valence-electron chi connectivity index (χ3n) is 2.11. The highest BCUT2D eigenvalue weighted by Gasteiger charge is 2.15. The van der Waals surface area contributed by atoms with Gasteiger partial charge in [-0.1, -0.05) is 36.4 Å². The van der Waals surface area contributed by atoms with Crippen molar-refractivity contribution >= 4 is 18.1 Å². The standard InChI is InChI=1S/C12H10O2S.HO3P/c13-15(14,11-7-3-1-4-8-11)12-9-5-2-6-10-12;1-4(2)3/h1-10H;(H-,1,2,3)/p+1. The maximum atomic E-state index is 12.0. The second kappa shape index (κ2) is 7.11. The normalized spacial score (nSPS) is 10.2. The van der Waals surface area contributed by atoms with Crippen molar-refractivity contribution in [1.29, 1.82) is 0 Å². The van der Waals surface area contributed by atoms with Gasteiger partial charge in [0.05, 0.1) is 9.79 Å². The van der Waals surface area contributed by atoms with Crippen LogP contribution in [0.2, 0.25) is 0 Å². The molecule has 0 aliphatic carbocycles. The van der Waals surface area contributed by atoms with Crippen LogP contribution in [-0.4, -0.2) is 18.2 Å². The molecule has 2 aromatic carbocycles. The molecule has 100 valence electrons. The van der Waals surface area contributed by atoms with Crippen LogP contribution >= 0.6 is 8.25 Å². The van der Waals surface area contributed by atoms with Crippen LogP contribution in [-0.2, 0) is 14.4 Å². The van der Waals surface area contributed by atoms with Crippen LogP contribution in [0.3, 0.4) is 0 Å². The van der Waals surface area contributed by atoms with Crippen LogP contribution in [0.5, 0.6) is 0 Å². The molecule has 0 heterocycles. The summed E-state index contributed by atoms with van der Waals surface area (Å²) in [4.78, 5) is 14.9. The number of sulfone groups is 1. The fraction of sp³-hybridized carbons (Fsp3) is 0. The Kier molecular flexibility index (Phi) is 5.79. The maximum absolute atomic E-state index is 12.0. The summed E-state index contributed by atoms with van der Waals surface area (Å²) in [5.41, 5.74) is 0. The molecule has 0 aromatic heterocycles. The van der Waals surface area contributed by atoms with Crippen LogP contribution < -0.4 is 0 Å². The van der Waals surface area contributed by atoms with Crippen molar-refractivity contribution in [2.45, 2.75) is 9.79 Å². The first kappa shape index (κ1) is 15.5. The van der Waals surface area contributed by atoms with E-state index in [9.17, 15) is 8.42 Å². The lowest BCUT2D eigenvalue weighted by Gasteiger charge is -2.03. The average molecular weight is 299 g/mol. The molecule has 0 aliphatic rings. The van der Waals surface area contributed by atoms with E-state index in [4.69, 9.17) is 14.4 Å². The van der Waals surface area contributed by atoms with Gasteiger partial charge in [-0.05, 0) is 24.3 Å². The van der Waals surface area contributed by atoms with Gasteiger partial charge in [0.2, 0.25) is 9.84 Å². The van der Waals surface area contributed by atoms with Gasteiger partial charge in [0.15, 0.2) is 0 Å². The Labute approximate surface area is 112 Å². The van der Waals surface area contributed by atoms with Crippen molar-refractivity contribution in [3.63, 3.8) is 0 Å². The van der Waals surface area contributed by atoms with Gasteiger partial charge in [-0.25, -0.2) is 8.42 Å². The van der Waals surface area contributed by atoms with Crippen molar-refractivity contribution in [1.82, 2.24) is 0 Å². The largest absolute Gasteiger partial charge is 0.692 e. The van der Waals surface area contributed by atoms with E-state index >= 15 is 0 Å². The summed E-state index contributed by atoms with van der Waals surface area (Å²) >= 11 is 0. The smallest absolute Gasteiger partial charge is 0.219 e. The van der Waals surface area contributed by atoms with Crippen molar-refractivity contribution < 1.29 is 22.8 Å². The average Bonchev–Trinajstić information content (AvgIpc) is 2.40. The molecule has 0 bridgehead atoms. The van der Waals surface area contributed by atoms with Crippen LogP contribution in [0.4, 0.5) is 0 Å². The lowest BCUT2D eigenvalue weighted by atomic mass is 10.4. The number of rotatable bonds is 2. The molecule has 0 spiro atoms. The van der Waals surface area contributed by atoms with E-state index < -0.39 is 18.1 Å². The maximum Gasteiger partial charge on any atom is 0.692 e. The quantitative estimate of drug-likeness (QED) is 0.829. The van der Waals surface area contributed by atoms with E-state index in [0.29, 0.717) is 9.79 Å². The Morgan fingerprint density at radius 1 is 0.737 bits per heavy atom. The Hall–Kier alpha value is -1.59. The lowest BCUT2D eigenvalue weighted by molar-refractivity contribution is 0.405. The Balaban J connectivity index is 0.000000399. The molecular formula is C12H12O5PS+. The predicted molar refractivity (Wildman–Crippen MR) is 70.4 cm³/mol. The predicted octanol–water partition coefficient (Wildman–Crippen LogP) is 2.15. The summed E-state index contributed by atoms with van der Waals surface area (Å²) in [7, 11) is -6.21. The third kappa shape index (κ3) is 4.89. The Bertz CT molecular complexity index is 576. The molecular weight excluding hydrogens is 287 g/mol. The molecule has 0 saturated heterocycles. The zero-order chi connectivity index (χ0) is 14.3. The number of hydrogen-bond acceptors (Lipinski definition) is 3. The van der Waals surface area contributed by atoms with E-state index in [0.717, 1.165) is 0 Å². The minimum absolute atomic E-state index is 0.330. The van der Waals surface area contributed by atoms with Crippen LogP contribution in [0, 0.1) is 0 Å². The molecule has 0 saturated carbocycles. The zero-order valence-corrected chi connectivity index (χ0v) is 11.5. The molecule has 0 aliphatic heterocycles. The summed E-state index contributed by atoms with van der Waals surface area (Å²) in [6, 6.07) is 16.9. The summed E-state index contributed by atoms with van der Waals surface area (Å²) in [6.45, 7) is 0. The van der Waals surface area contributed by atoms with Crippen molar-refractivity contribution in [3.8, 4) is 0 Å². The highest BCUT2D eigenvalue weighted by molar-refractivity contribution is 7.91. The first-order valence-electron chi connectivity index (χ1n) is 5.15. The number of benzene rings is 2. The van der Waals surface area contributed by atoms with Gasteiger partial charge in [-0.3, -0.25) is 0 Å². The highest BCUT2D eigenvalue weighted by Crippen LogP contribution is 2.19. The molecule has 2 rings (SSSR count). The van der Waals surface area contributed by atoms with Gasteiger partial charge in [-0.2, -0.15) is 0 Å². The van der Waals surface area contributed by atoms with E-state index in [-0.39, 0.29) is 0 Å². The molecule has 0 amide bonds. The van der Waals surface area contributed by atoms with Crippen molar-refractivity contribution in [2.24, 2.45) is 0 Å². The van der Waals surface area contributed by atoms with E-state index in [1.54, 1.807) is 60.7 Å². The molecule has 0 fully saturated rings. The van der Waals surface area contributed by atoms with Gasteiger partial charge in [-0.15, -0.1) is 9.79 Å². The van der Waals surface area contributed by atoms with Crippen molar-refractivity contribution in [2.75, 3.05) is 0 Å². The van der Waals surface area contributed by atoms with Crippen LogP contribution in [0.25, 0.3) is 0 Å². The monoisotopic (exact) mass is 299 g/mol. The van der Waals surface area contributed by atoms with Gasteiger partial charge >= 0.3 is 8.25 Å². The summed E-state index contributed by atoms with van der Waals surface area (Å²) in [5, 5.41) is 0. The molecule has 7 heteroatoms. The van der Waals surface area contributed by atoms with Gasteiger partial charge in [0.25, 0.3) is 0 Å². The SMILES string of the molecule is O=S(=O)(c1ccccc1)c1ccccc1.O=[P+](O)O. The zero-order valence-electron chi connectivity index (χ0n) is 9.75. The van der Waals surface area contributed by atoms with E-state index in [1.807, 2.05) is 0 Å². The molecule has 2 aromatic rings. The minimum atomic E-state index is -3.34. The molecule has 19 heavy (non-hydrogen) atoms. The summed E-state index contributed by atoms with van der Waals surface area (Å²) in [6.07, 6.45) is 0. The fourth-order valence-electron chi connectivity index (χ4n) is 1.34. The van der Waals surface area contributed by atoms with Gasteiger partial charge in [0.1, 0.15) is 0 Å². The third-order valence-corrected chi connectivity index (χ3v) is 3.89. The summed E-state index contributed by atoms with van der Waals surface area (Å²) in [5.74, 6) is 0. The Morgan fingerprint density at radius 3 is 1.26 bits per heavy atom. The molecule has 2 N–H and O–H groups in total. The van der Waals surface area contributed by atoms with Gasteiger partial charge in [0, 0.05) is 4.57 Å². The first-order valence-corrected chi connectivity index (χ1v) is 7.79. The summed E-state index contributed by atoms with van der Waals surface area (Å²) < 4.78 is 32.8. The highest BCUT2D eigenvalue weighted by atomic mass is 32.2. The van der Waals surface area contributed by atoms with E-state index in [2.05, 4.69) is 0 Å². The molecule has 0 radical (unpaired) electrons. The molecule has 0 atom stereocenters. The first-order chi connectivity index (χ1) is 8.94. The fourth-order valence-corrected chi connectivity index (χ4v) is 2.64. The molecule has 5 nitrogen and oxygen atoms in total. The lowest BCUT2D eigenvalue weighted by Crippen LogP contribution is -2.00. The van der Waals surface area contributed by atoms with Gasteiger partial charge < -0.3 is 0 Å². The Morgan fingerprint density at radius 2 is 1.00 bits per heavy atom. The van der Waals surface area contributed by atoms with E-state index in [1.165, 1.54) is 0 Å². The minimum Gasteiger partial charge on any atom is -0.219 e. The topological polar surface area (TPSA) is 91.7 Å². The second-order valence-corrected chi connectivity index (χ2v) is 5.84. The number of hydrogen-bond donors (Lipinski definition) is 2. The second-order valence-electron chi connectivity index (χ2n) is 3.38.